The summed E-state index contributed by atoms with van der Waals surface area (Å²) in [5.41, 5.74) is 0.357. The van der Waals surface area contributed by atoms with Gasteiger partial charge in [0.25, 0.3) is 0 Å². The number of anilines is 1. The Bertz CT molecular complexity index is 752. The first-order chi connectivity index (χ1) is 9.93. The summed E-state index contributed by atoms with van der Waals surface area (Å²) in [6, 6.07) is 1.91. The Labute approximate surface area is 118 Å². The second kappa shape index (κ2) is 5.41. The standard InChI is InChI=1S/C11H11N7O3/c1-7-9(18(20)21)5-14-17(7)6-10(19)15-11-8(3-12)4-13-16(11)2/h4-5H,6H2,1-2H3,(H,15,19). The van der Waals surface area contributed by atoms with Crippen LogP contribution >= 0.6 is 0 Å². The number of amides is 1. The van der Waals surface area contributed by atoms with Gasteiger partial charge >= 0.3 is 5.69 Å². The predicted octanol–water partition coefficient (Wildman–Crippen LogP) is 0.344. The molecule has 0 unspecified atom stereocenters. The van der Waals surface area contributed by atoms with E-state index < -0.39 is 10.8 Å². The lowest BCUT2D eigenvalue weighted by atomic mass is 10.3. The topological polar surface area (TPSA) is 132 Å². The molecular weight excluding hydrogens is 278 g/mol. The monoisotopic (exact) mass is 289 g/mol. The molecule has 0 saturated heterocycles. The fourth-order valence-corrected chi connectivity index (χ4v) is 1.75. The van der Waals surface area contributed by atoms with Gasteiger partial charge in [-0.05, 0) is 6.92 Å². The summed E-state index contributed by atoms with van der Waals surface area (Å²) in [5.74, 6) is -0.196. The molecule has 0 aliphatic carbocycles. The minimum Gasteiger partial charge on any atom is -0.308 e. The lowest BCUT2D eigenvalue weighted by molar-refractivity contribution is -0.385. The molecule has 2 rings (SSSR count). The zero-order valence-electron chi connectivity index (χ0n) is 11.3. The molecule has 0 aromatic carbocycles. The van der Waals surface area contributed by atoms with Crippen LogP contribution in [0.3, 0.4) is 0 Å². The van der Waals surface area contributed by atoms with E-state index in [4.69, 9.17) is 5.26 Å². The van der Waals surface area contributed by atoms with E-state index in [0.717, 1.165) is 6.20 Å². The number of carbonyl (C=O) groups is 1. The number of nitrogens with one attached hydrogen (secondary N) is 1. The number of rotatable bonds is 4. The van der Waals surface area contributed by atoms with E-state index in [1.54, 1.807) is 7.05 Å². The Kier molecular flexibility index (Phi) is 3.66. The highest BCUT2D eigenvalue weighted by atomic mass is 16.6. The minimum absolute atomic E-state index is 0.152. The Morgan fingerprint density at radius 1 is 1.52 bits per heavy atom. The number of aromatic nitrogens is 4. The maximum absolute atomic E-state index is 11.9. The first kappa shape index (κ1) is 14.2. The fraction of sp³-hybridized carbons (Fsp3) is 0.273. The van der Waals surface area contributed by atoms with Crippen molar-refractivity contribution in [3.8, 4) is 6.07 Å². The average Bonchev–Trinajstić information content (AvgIpc) is 2.95. The van der Waals surface area contributed by atoms with E-state index in [1.807, 2.05) is 6.07 Å². The minimum atomic E-state index is -0.564. The van der Waals surface area contributed by atoms with E-state index >= 15 is 0 Å². The van der Waals surface area contributed by atoms with Crippen LogP contribution in [0.2, 0.25) is 0 Å². The number of nitriles is 1. The third kappa shape index (κ3) is 2.71. The second-order valence-electron chi connectivity index (χ2n) is 4.22. The second-order valence-corrected chi connectivity index (χ2v) is 4.22. The van der Waals surface area contributed by atoms with Gasteiger partial charge in [0, 0.05) is 7.05 Å². The van der Waals surface area contributed by atoms with Crippen LogP contribution in [-0.4, -0.2) is 30.4 Å². The van der Waals surface area contributed by atoms with Gasteiger partial charge in [-0.15, -0.1) is 0 Å². The van der Waals surface area contributed by atoms with Gasteiger partial charge in [0.1, 0.15) is 35.9 Å². The molecule has 2 aromatic rings. The third-order valence-corrected chi connectivity index (χ3v) is 2.88. The first-order valence-corrected chi connectivity index (χ1v) is 5.82. The molecule has 108 valence electrons. The molecule has 0 spiro atoms. The van der Waals surface area contributed by atoms with Crippen molar-refractivity contribution in [1.82, 2.24) is 19.6 Å². The van der Waals surface area contributed by atoms with E-state index in [0.29, 0.717) is 0 Å². The molecule has 10 nitrogen and oxygen atoms in total. The van der Waals surface area contributed by atoms with Gasteiger partial charge in [-0.3, -0.25) is 24.3 Å². The molecule has 0 atom stereocenters. The van der Waals surface area contributed by atoms with E-state index in [1.165, 1.54) is 22.5 Å². The van der Waals surface area contributed by atoms with Crippen molar-refractivity contribution in [2.75, 3.05) is 5.32 Å². The van der Waals surface area contributed by atoms with Gasteiger partial charge in [-0.25, -0.2) is 0 Å². The van der Waals surface area contributed by atoms with E-state index in [-0.39, 0.29) is 29.3 Å². The molecule has 0 fully saturated rings. The third-order valence-electron chi connectivity index (χ3n) is 2.88. The lowest BCUT2D eigenvalue weighted by Gasteiger charge is -2.07. The van der Waals surface area contributed by atoms with Crippen LogP contribution in [0.1, 0.15) is 11.3 Å². The van der Waals surface area contributed by atoms with Crippen molar-refractivity contribution in [3.63, 3.8) is 0 Å². The van der Waals surface area contributed by atoms with Crippen LogP contribution in [0, 0.1) is 28.4 Å². The van der Waals surface area contributed by atoms with Gasteiger partial charge in [0.05, 0.1) is 11.1 Å². The van der Waals surface area contributed by atoms with Crippen LogP contribution in [0.25, 0.3) is 0 Å². The molecule has 0 bridgehead atoms. The summed E-state index contributed by atoms with van der Waals surface area (Å²) >= 11 is 0. The average molecular weight is 289 g/mol. The zero-order valence-corrected chi connectivity index (χ0v) is 11.3. The number of hydrogen-bond acceptors (Lipinski definition) is 6. The van der Waals surface area contributed by atoms with Crippen molar-refractivity contribution in [2.24, 2.45) is 7.05 Å². The fourth-order valence-electron chi connectivity index (χ4n) is 1.75. The van der Waals surface area contributed by atoms with Crippen molar-refractivity contribution < 1.29 is 9.72 Å². The Morgan fingerprint density at radius 2 is 2.24 bits per heavy atom. The van der Waals surface area contributed by atoms with Crippen molar-refractivity contribution in [3.05, 3.63) is 33.8 Å². The largest absolute Gasteiger partial charge is 0.309 e. The molecule has 0 aliphatic rings. The quantitative estimate of drug-likeness (QED) is 0.637. The molecule has 2 heterocycles. The number of hydrogen-bond donors (Lipinski definition) is 1. The molecular formula is C11H11N7O3. The summed E-state index contributed by atoms with van der Waals surface area (Å²) in [4.78, 5) is 22.1. The SMILES string of the molecule is Cc1c([N+](=O)[O-])cnn1CC(=O)Nc1c(C#N)cnn1C. The van der Waals surface area contributed by atoms with Crippen LogP contribution in [-0.2, 0) is 18.4 Å². The predicted molar refractivity (Wildman–Crippen MR) is 70.2 cm³/mol. The molecule has 1 N–H and O–H groups in total. The van der Waals surface area contributed by atoms with Crippen LogP contribution in [0.5, 0.6) is 0 Å². The van der Waals surface area contributed by atoms with Gasteiger partial charge in [0.2, 0.25) is 5.91 Å². The maximum atomic E-state index is 11.9. The highest BCUT2D eigenvalue weighted by molar-refractivity contribution is 5.90. The first-order valence-electron chi connectivity index (χ1n) is 5.82. The van der Waals surface area contributed by atoms with Crippen LogP contribution in [0.15, 0.2) is 12.4 Å². The Morgan fingerprint density at radius 3 is 2.81 bits per heavy atom. The number of nitrogens with zero attached hydrogens (tertiary/aromatic N) is 6. The van der Waals surface area contributed by atoms with Crippen LogP contribution in [0.4, 0.5) is 11.5 Å². The van der Waals surface area contributed by atoms with Gasteiger partial charge < -0.3 is 5.32 Å². The highest BCUT2D eigenvalue weighted by Crippen LogP contribution is 2.16. The Hall–Kier alpha value is -3.22. The molecule has 2 aromatic heterocycles. The van der Waals surface area contributed by atoms with E-state index in [2.05, 4.69) is 15.5 Å². The molecule has 0 saturated carbocycles. The van der Waals surface area contributed by atoms with Gasteiger partial charge in [0.15, 0.2) is 0 Å². The van der Waals surface area contributed by atoms with Gasteiger partial charge in [-0.2, -0.15) is 15.5 Å². The summed E-state index contributed by atoms with van der Waals surface area (Å²) in [7, 11) is 1.58. The summed E-state index contributed by atoms with van der Waals surface area (Å²) in [6.07, 6.45) is 2.42. The molecule has 0 aliphatic heterocycles. The normalized spacial score (nSPS) is 10.1. The van der Waals surface area contributed by atoms with E-state index in [9.17, 15) is 14.9 Å². The summed E-state index contributed by atoms with van der Waals surface area (Å²) in [5, 5.41) is 29.8. The summed E-state index contributed by atoms with van der Waals surface area (Å²) < 4.78 is 2.57. The van der Waals surface area contributed by atoms with Crippen molar-refractivity contribution >= 4 is 17.4 Å². The molecule has 0 radical (unpaired) electrons. The highest BCUT2D eigenvalue weighted by Gasteiger charge is 2.19. The number of aryl methyl sites for hydroxylation is 1. The molecule has 21 heavy (non-hydrogen) atoms. The van der Waals surface area contributed by atoms with Crippen molar-refractivity contribution in [1.29, 1.82) is 5.26 Å². The molecule has 10 heteroatoms. The smallest absolute Gasteiger partial charge is 0.308 e. The molecule has 1 amide bonds. The lowest BCUT2D eigenvalue weighted by Crippen LogP contribution is -2.22. The number of carbonyl (C=O) groups excluding carboxylic acids is 1. The summed E-state index contributed by atoms with van der Waals surface area (Å²) in [6.45, 7) is 1.30. The van der Waals surface area contributed by atoms with Crippen molar-refractivity contribution in [2.45, 2.75) is 13.5 Å². The van der Waals surface area contributed by atoms with Gasteiger partial charge in [-0.1, -0.05) is 0 Å². The maximum Gasteiger partial charge on any atom is 0.309 e. The number of nitro groups is 1. The van der Waals surface area contributed by atoms with Crippen LogP contribution < -0.4 is 5.32 Å². The Balaban J connectivity index is 2.14. The zero-order chi connectivity index (χ0) is 15.6.